The molecule has 0 fully saturated rings. The Balaban J connectivity index is 1.30. The Bertz CT molecular complexity index is 3140. The first kappa shape index (κ1) is 30.9. The summed E-state index contributed by atoms with van der Waals surface area (Å²) in [6, 6.07) is 69.9. The van der Waals surface area contributed by atoms with Crippen LogP contribution >= 0.6 is 0 Å². The third-order valence-corrected chi connectivity index (χ3v) is 12.0. The van der Waals surface area contributed by atoms with Crippen molar-refractivity contribution in [2.75, 3.05) is 4.90 Å². The Hall–Kier alpha value is -6.70. The Morgan fingerprint density at radius 1 is 0.333 bits per heavy atom. The lowest BCUT2D eigenvalue weighted by atomic mass is 9.80. The summed E-state index contributed by atoms with van der Waals surface area (Å²) >= 11 is 0. The van der Waals surface area contributed by atoms with Crippen molar-refractivity contribution >= 4 is 70.9 Å². The molecule has 0 spiro atoms. The van der Waals surface area contributed by atoms with Gasteiger partial charge in [0.05, 0.1) is 17.1 Å². The molecule has 0 bridgehead atoms. The lowest BCUT2D eigenvalue weighted by Crippen LogP contribution is -2.21. The molecule has 1 aliphatic rings. The van der Waals surface area contributed by atoms with Gasteiger partial charge in [0.15, 0.2) is 0 Å². The quantitative estimate of drug-likeness (QED) is 0.167. The van der Waals surface area contributed by atoms with E-state index in [1.54, 1.807) is 0 Å². The van der Waals surface area contributed by atoms with Crippen LogP contribution in [0, 0.1) is 0 Å². The Morgan fingerprint density at radius 3 is 1.67 bits per heavy atom. The molecule has 0 unspecified atom stereocenters. The van der Waals surface area contributed by atoms with Gasteiger partial charge < -0.3 is 4.90 Å². The molecule has 0 atom stereocenters. The lowest BCUT2D eigenvalue weighted by Gasteiger charge is -2.34. The van der Waals surface area contributed by atoms with Crippen molar-refractivity contribution in [3.8, 4) is 22.3 Å². The topological polar surface area (TPSA) is 3.24 Å². The normalized spacial score (nSPS) is 13.1. The minimum absolute atomic E-state index is 0.257. The maximum absolute atomic E-state index is 2.60. The van der Waals surface area contributed by atoms with Crippen LogP contribution in [-0.4, -0.2) is 0 Å². The van der Waals surface area contributed by atoms with Crippen molar-refractivity contribution in [3.63, 3.8) is 0 Å². The minimum atomic E-state index is -0.257. The average molecular weight is 688 g/mol. The molecule has 0 radical (unpaired) electrons. The fourth-order valence-corrected chi connectivity index (χ4v) is 9.50. The fourth-order valence-electron chi connectivity index (χ4n) is 9.50. The Labute approximate surface area is 315 Å². The van der Waals surface area contributed by atoms with E-state index in [0.717, 1.165) is 5.69 Å². The largest absolute Gasteiger partial charge is 0.309 e. The first-order chi connectivity index (χ1) is 26.6. The summed E-state index contributed by atoms with van der Waals surface area (Å²) in [5, 5.41) is 12.5. The number of rotatable bonds is 4. The minimum Gasteiger partial charge on any atom is -0.309 e. The van der Waals surface area contributed by atoms with Crippen LogP contribution in [0.25, 0.3) is 76.1 Å². The van der Waals surface area contributed by atoms with Crippen molar-refractivity contribution in [1.29, 1.82) is 0 Å². The van der Waals surface area contributed by atoms with E-state index in [1.807, 2.05) is 0 Å². The van der Waals surface area contributed by atoms with Crippen molar-refractivity contribution in [2.24, 2.45) is 0 Å². The van der Waals surface area contributed by atoms with Gasteiger partial charge in [0.2, 0.25) is 0 Å². The first-order valence-corrected chi connectivity index (χ1v) is 18.9. The molecule has 0 N–H and O–H groups in total. The smallest absolute Gasteiger partial charge is 0.0547 e. The van der Waals surface area contributed by atoms with E-state index >= 15 is 0 Å². The van der Waals surface area contributed by atoms with Crippen LogP contribution < -0.4 is 4.90 Å². The van der Waals surface area contributed by atoms with Gasteiger partial charge >= 0.3 is 0 Å². The number of nitrogens with zero attached hydrogens (tertiary/aromatic N) is 1. The highest BCUT2D eigenvalue weighted by atomic mass is 15.2. The number of anilines is 3. The zero-order valence-corrected chi connectivity index (χ0v) is 30.3. The molecule has 0 aliphatic heterocycles. The third-order valence-electron chi connectivity index (χ3n) is 12.0. The molecular weight excluding hydrogens is 651 g/mol. The Morgan fingerprint density at radius 2 is 0.889 bits per heavy atom. The van der Waals surface area contributed by atoms with Crippen LogP contribution in [0.3, 0.4) is 0 Å². The van der Waals surface area contributed by atoms with Gasteiger partial charge in [-0.3, -0.25) is 0 Å². The average Bonchev–Trinajstić information content (AvgIpc) is 3.45. The van der Waals surface area contributed by atoms with Gasteiger partial charge in [-0.1, -0.05) is 172 Å². The molecule has 0 saturated heterocycles. The summed E-state index contributed by atoms with van der Waals surface area (Å²) < 4.78 is 0. The number of benzene rings is 10. The highest BCUT2D eigenvalue weighted by Crippen LogP contribution is 2.57. The summed E-state index contributed by atoms with van der Waals surface area (Å²) in [5.41, 5.74) is 11.1. The standard InChI is InChI=1S/C53H37N/c1-53(2)47-32-37-18-4-3-17-36(37)31-46(47)45-27-14-28-49(52(45)53)54(50-33-38-19-7-9-22-40(38)42-24-11-12-25-43(42)50)48-30-29-35-16-6-10-23-41(35)51(48)44-26-13-20-34-15-5-8-21-39(34)44/h3-33H,1-2H3. The van der Waals surface area contributed by atoms with Crippen LogP contribution in [0.15, 0.2) is 188 Å². The molecule has 10 aromatic rings. The highest BCUT2D eigenvalue weighted by molar-refractivity contribution is 6.17. The molecule has 0 amide bonds. The van der Waals surface area contributed by atoms with Gasteiger partial charge in [-0.25, -0.2) is 0 Å². The third kappa shape index (κ3) is 4.45. The van der Waals surface area contributed by atoms with Crippen molar-refractivity contribution in [1.82, 2.24) is 0 Å². The molecule has 10 aromatic carbocycles. The van der Waals surface area contributed by atoms with Gasteiger partial charge in [-0.15, -0.1) is 0 Å². The van der Waals surface area contributed by atoms with Crippen LogP contribution in [0.4, 0.5) is 17.1 Å². The molecule has 0 aromatic heterocycles. The summed E-state index contributed by atoms with van der Waals surface area (Å²) in [7, 11) is 0. The second-order valence-electron chi connectivity index (χ2n) is 15.3. The molecule has 0 heterocycles. The monoisotopic (exact) mass is 687 g/mol. The van der Waals surface area contributed by atoms with Crippen LogP contribution in [-0.2, 0) is 5.41 Å². The van der Waals surface area contributed by atoms with Crippen LogP contribution in [0.5, 0.6) is 0 Å². The summed E-state index contributed by atoms with van der Waals surface area (Å²) in [6.07, 6.45) is 0. The Kier molecular flexibility index (Phi) is 6.66. The molecule has 1 nitrogen and oxygen atoms in total. The predicted octanol–water partition coefficient (Wildman–Crippen LogP) is 14.9. The van der Waals surface area contributed by atoms with E-state index in [0.29, 0.717) is 0 Å². The van der Waals surface area contributed by atoms with E-state index in [1.165, 1.54) is 98.6 Å². The molecule has 0 saturated carbocycles. The fraction of sp³-hybridized carbons (Fsp3) is 0.0566. The van der Waals surface area contributed by atoms with Gasteiger partial charge in [-0.05, 0) is 107 Å². The van der Waals surface area contributed by atoms with E-state index in [9.17, 15) is 0 Å². The zero-order chi connectivity index (χ0) is 36.0. The number of hydrogen-bond donors (Lipinski definition) is 0. The van der Waals surface area contributed by atoms with E-state index in [4.69, 9.17) is 0 Å². The number of hydrogen-bond acceptors (Lipinski definition) is 1. The number of fused-ring (bicyclic) bond motifs is 9. The zero-order valence-electron chi connectivity index (χ0n) is 30.3. The van der Waals surface area contributed by atoms with E-state index in [2.05, 4.69) is 207 Å². The van der Waals surface area contributed by atoms with Crippen molar-refractivity contribution < 1.29 is 0 Å². The molecule has 1 aliphatic carbocycles. The molecule has 254 valence electrons. The SMILES string of the molecule is CC1(C)c2cc3ccccc3cc2-c2cccc(N(c3ccc4ccccc4c3-c3cccc4ccccc34)c3cc4ccccc4c4ccccc34)c21. The van der Waals surface area contributed by atoms with Gasteiger partial charge in [0.1, 0.15) is 0 Å². The van der Waals surface area contributed by atoms with Crippen molar-refractivity contribution in [3.05, 3.63) is 199 Å². The van der Waals surface area contributed by atoms with Crippen LogP contribution in [0.2, 0.25) is 0 Å². The van der Waals surface area contributed by atoms with Gasteiger partial charge in [-0.2, -0.15) is 0 Å². The molecule has 1 heteroatoms. The second kappa shape index (κ2) is 11.7. The highest BCUT2D eigenvalue weighted by Gasteiger charge is 2.40. The summed E-state index contributed by atoms with van der Waals surface area (Å²) in [5.74, 6) is 0. The predicted molar refractivity (Wildman–Crippen MR) is 232 cm³/mol. The van der Waals surface area contributed by atoms with E-state index in [-0.39, 0.29) is 5.41 Å². The maximum atomic E-state index is 2.60. The van der Waals surface area contributed by atoms with Gasteiger partial charge in [0.25, 0.3) is 0 Å². The lowest BCUT2D eigenvalue weighted by molar-refractivity contribution is 0.661. The summed E-state index contributed by atoms with van der Waals surface area (Å²) in [6.45, 7) is 4.83. The maximum Gasteiger partial charge on any atom is 0.0547 e. The second-order valence-corrected chi connectivity index (χ2v) is 15.3. The van der Waals surface area contributed by atoms with Gasteiger partial charge in [0, 0.05) is 16.4 Å². The molecule has 11 rings (SSSR count). The van der Waals surface area contributed by atoms with Crippen LogP contribution in [0.1, 0.15) is 25.0 Å². The van der Waals surface area contributed by atoms with Crippen molar-refractivity contribution in [2.45, 2.75) is 19.3 Å². The molecular formula is C53H37N. The molecule has 54 heavy (non-hydrogen) atoms. The first-order valence-electron chi connectivity index (χ1n) is 18.9. The summed E-state index contributed by atoms with van der Waals surface area (Å²) in [4.78, 5) is 2.60. The van der Waals surface area contributed by atoms with E-state index < -0.39 is 0 Å².